The van der Waals surface area contributed by atoms with Crippen molar-refractivity contribution in [1.82, 2.24) is 10.6 Å². The largest absolute Gasteiger partial charge is 0.444 e. The van der Waals surface area contributed by atoms with Gasteiger partial charge >= 0.3 is 6.09 Å². The predicted octanol–water partition coefficient (Wildman–Crippen LogP) is 4.09. The lowest BCUT2D eigenvalue weighted by Gasteiger charge is -2.37. The lowest BCUT2D eigenvalue weighted by atomic mass is 9.77. The zero-order valence-electron chi connectivity index (χ0n) is 15.6. The molecule has 0 bridgehead atoms. The van der Waals surface area contributed by atoms with Crippen LogP contribution in [0.1, 0.15) is 74.1 Å². The number of amides is 1. The molecule has 0 aromatic heterocycles. The zero-order valence-corrected chi connectivity index (χ0v) is 15.6. The molecule has 4 nitrogen and oxygen atoms in total. The highest BCUT2D eigenvalue weighted by atomic mass is 16.6. The number of ether oxygens (including phenoxy) is 1. The van der Waals surface area contributed by atoms with Crippen molar-refractivity contribution in [3.63, 3.8) is 0 Å². The molecule has 0 saturated heterocycles. The maximum Gasteiger partial charge on any atom is 0.408 e. The molecule has 2 atom stereocenters. The van der Waals surface area contributed by atoms with Gasteiger partial charge in [0.15, 0.2) is 0 Å². The van der Waals surface area contributed by atoms with Gasteiger partial charge in [0.1, 0.15) is 5.60 Å². The molecule has 0 aromatic rings. The summed E-state index contributed by atoms with van der Waals surface area (Å²) in [5.41, 5.74) is -0.777. The highest BCUT2D eigenvalue weighted by Crippen LogP contribution is 2.30. The van der Waals surface area contributed by atoms with E-state index in [0.717, 1.165) is 12.5 Å². The van der Waals surface area contributed by atoms with Crippen molar-refractivity contribution in [3.05, 3.63) is 0 Å². The van der Waals surface area contributed by atoms with E-state index >= 15 is 0 Å². The van der Waals surface area contributed by atoms with E-state index in [1.807, 2.05) is 34.6 Å². The minimum Gasteiger partial charge on any atom is -0.444 e. The van der Waals surface area contributed by atoms with Gasteiger partial charge in [0.2, 0.25) is 0 Å². The Morgan fingerprint density at radius 2 is 1.73 bits per heavy atom. The Morgan fingerprint density at radius 3 is 2.27 bits per heavy atom. The summed E-state index contributed by atoms with van der Waals surface area (Å²) < 4.78 is 5.35. The van der Waals surface area contributed by atoms with Crippen LogP contribution in [0.3, 0.4) is 0 Å². The maximum absolute atomic E-state index is 11.9. The first-order chi connectivity index (χ1) is 10.0. The minimum absolute atomic E-state index is 0.318. The molecule has 130 valence electrons. The van der Waals surface area contributed by atoms with Crippen LogP contribution in [0.15, 0.2) is 0 Å². The highest BCUT2D eigenvalue weighted by Gasteiger charge is 2.30. The summed E-state index contributed by atoms with van der Waals surface area (Å²) in [5.74, 6) is 1.45. The fourth-order valence-electron chi connectivity index (χ4n) is 3.22. The number of hydrogen-bond donors (Lipinski definition) is 2. The molecule has 0 aromatic carbocycles. The van der Waals surface area contributed by atoms with Crippen molar-refractivity contribution in [2.75, 3.05) is 6.54 Å². The smallest absolute Gasteiger partial charge is 0.408 e. The quantitative estimate of drug-likeness (QED) is 0.803. The molecule has 1 fully saturated rings. The Bertz CT molecular complexity index is 359. The lowest BCUT2D eigenvalue weighted by molar-refractivity contribution is 0.0467. The minimum atomic E-state index is -0.459. The van der Waals surface area contributed by atoms with Gasteiger partial charge < -0.3 is 15.4 Å². The molecule has 0 radical (unpaired) electrons. The summed E-state index contributed by atoms with van der Waals surface area (Å²) >= 11 is 0. The number of alkyl carbamates (subject to hydrolysis) is 1. The van der Waals surface area contributed by atoms with Crippen LogP contribution in [0.4, 0.5) is 4.79 Å². The van der Waals surface area contributed by atoms with Gasteiger partial charge in [-0.05, 0) is 59.3 Å². The Balaban J connectivity index is 2.48. The number of nitrogens with one attached hydrogen (secondary N) is 2. The van der Waals surface area contributed by atoms with Gasteiger partial charge in [0.05, 0.1) is 5.54 Å². The lowest BCUT2D eigenvalue weighted by Crippen LogP contribution is -2.54. The fraction of sp³-hybridized carbons (Fsp3) is 0.944. The summed E-state index contributed by atoms with van der Waals surface area (Å²) in [6.07, 6.45) is 4.87. The summed E-state index contributed by atoms with van der Waals surface area (Å²) in [4.78, 5) is 11.9. The molecule has 22 heavy (non-hydrogen) atoms. The number of carbonyl (C=O) groups is 1. The van der Waals surface area contributed by atoms with E-state index in [9.17, 15) is 4.79 Å². The average Bonchev–Trinajstić information content (AvgIpc) is 2.33. The van der Waals surface area contributed by atoms with Crippen LogP contribution >= 0.6 is 0 Å². The van der Waals surface area contributed by atoms with E-state index in [2.05, 4.69) is 24.5 Å². The Kier molecular flexibility index (Phi) is 6.72. The van der Waals surface area contributed by atoms with E-state index in [4.69, 9.17) is 4.74 Å². The third-order valence-electron chi connectivity index (χ3n) is 4.32. The molecule has 0 spiro atoms. The van der Waals surface area contributed by atoms with Crippen LogP contribution in [0.25, 0.3) is 0 Å². The highest BCUT2D eigenvalue weighted by molar-refractivity contribution is 5.68. The molecule has 1 amide bonds. The molecule has 0 heterocycles. The molecule has 1 rings (SSSR count). The molecular formula is C18H36N2O2. The molecule has 1 aliphatic rings. The Hall–Kier alpha value is -0.770. The number of hydrogen-bond acceptors (Lipinski definition) is 3. The third-order valence-corrected chi connectivity index (χ3v) is 4.32. The SMILES string of the molecule is CC(C)C1CCCCC1NCC(C)(C)NC(=O)OC(C)(C)C. The van der Waals surface area contributed by atoms with Crippen LogP contribution in [-0.4, -0.2) is 29.8 Å². The second-order valence-electron chi connectivity index (χ2n) is 8.69. The van der Waals surface area contributed by atoms with Crippen LogP contribution in [0.2, 0.25) is 0 Å². The van der Waals surface area contributed by atoms with E-state index in [1.165, 1.54) is 25.7 Å². The van der Waals surface area contributed by atoms with Gasteiger partial charge in [-0.3, -0.25) is 0 Å². The van der Waals surface area contributed by atoms with E-state index in [0.29, 0.717) is 12.0 Å². The number of carbonyl (C=O) groups excluding carboxylic acids is 1. The maximum atomic E-state index is 11.9. The fourth-order valence-corrected chi connectivity index (χ4v) is 3.22. The van der Waals surface area contributed by atoms with Crippen molar-refractivity contribution in [1.29, 1.82) is 0 Å². The second-order valence-corrected chi connectivity index (χ2v) is 8.69. The number of rotatable bonds is 5. The van der Waals surface area contributed by atoms with Crippen LogP contribution in [0.5, 0.6) is 0 Å². The van der Waals surface area contributed by atoms with Gasteiger partial charge in [0.25, 0.3) is 0 Å². The first-order valence-electron chi connectivity index (χ1n) is 8.75. The van der Waals surface area contributed by atoms with E-state index < -0.39 is 5.60 Å². The van der Waals surface area contributed by atoms with Gasteiger partial charge in [-0.1, -0.05) is 26.7 Å². The molecule has 1 aliphatic carbocycles. The monoisotopic (exact) mass is 312 g/mol. The van der Waals surface area contributed by atoms with Crippen molar-refractivity contribution >= 4 is 6.09 Å². The van der Waals surface area contributed by atoms with Crippen molar-refractivity contribution in [2.24, 2.45) is 11.8 Å². The van der Waals surface area contributed by atoms with Crippen LogP contribution in [0, 0.1) is 11.8 Å². The topological polar surface area (TPSA) is 50.4 Å². The van der Waals surface area contributed by atoms with Crippen LogP contribution in [-0.2, 0) is 4.74 Å². The van der Waals surface area contributed by atoms with Gasteiger partial charge in [-0.2, -0.15) is 0 Å². The van der Waals surface area contributed by atoms with Crippen molar-refractivity contribution in [3.8, 4) is 0 Å². The van der Waals surface area contributed by atoms with E-state index in [1.54, 1.807) is 0 Å². The average molecular weight is 312 g/mol. The molecule has 2 N–H and O–H groups in total. The first-order valence-corrected chi connectivity index (χ1v) is 8.75. The predicted molar refractivity (Wildman–Crippen MR) is 92.0 cm³/mol. The second kappa shape index (κ2) is 7.67. The normalized spacial score (nSPS) is 23.5. The molecule has 4 heteroatoms. The van der Waals surface area contributed by atoms with E-state index in [-0.39, 0.29) is 11.6 Å². The summed E-state index contributed by atoms with van der Waals surface area (Å²) in [7, 11) is 0. The van der Waals surface area contributed by atoms with Crippen molar-refractivity contribution in [2.45, 2.75) is 91.3 Å². The Morgan fingerprint density at radius 1 is 1.14 bits per heavy atom. The first kappa shape index (κ1) is 19.3. The zero-order chi connectivity index (χ0) is 17.0. The van der Waals surface area contributed by atoms with Crippen molar-refractivity contribution < 1.29 is 9.53 Å². The molecule has 0 aliphatic heterocycles. The van der Waals surface area contributed by atoms with Gasteiger partial charge in [0, 0.05) is 12.6 Å². The molecule has 1 saturated carbocycles. The summed E-state index contributed by atoms with van der Waals surface area (Å²) in [6, 6.07) is 0.563. The van der Waals surface area contributed by atoms with Gasteiger partial charge in [-0.15, -0.1) is 0 Å². The van der Waals surface area contributed by atoms with Crippen LogP contribution < -0.4 is 10.6 Å². The standard InChI is InChI=1S/C18H36N2O2/c1-13(2)14-10-8-9-11-15(14)19-12-18(6,7)20-16(21)22-17(3,4)5/h13-15,19H,8-12H2,1-7H3,(H,20,21). The molecular weight excluding hydrogens is 276 g/mol. The summed E-state index contributed by atoms with van der Waals surface area (Å²) in [6.45, 7) is 15.1. The Labute approximate surface area is 136 Å². The third kappa shape index (κ3) is 6.99. The summed E-state index contributed by atoms with van der Waals surface area (Å²) in [5, 5.41) is 6.66. The molecule has 2 unspecified atom stereocenters. The van der Waals surface area contributed by atoms with Gasteiger partial charge in [-0.25, -0.2) is 4.79 Å².